The van der Waals surface area contributed by atoms with E-state index in [2.05, 4.69) is 5.32 Å². The molecule has 6 nitrogen and oxygen atoms in total. The third-order valence-electron chi connectivity index (χ3n) is 3.07. The van der Waals surface area contributed by atoms with E-state index in [9.17, 15) is 14.9 Å². The number of nitriles is 1. The second-order valence-corrected chi connectivity index (χ2v) is 4.84. The van der Waals surface area contributed by atoms with Crippen LogP contribution in [0.5, 0.6) is 0 Å². The number of nitro benzene ring substituents is 1. The van der Waals surface area contributed by atoms with Crippen molar-refractivity contribution in [1.82, 2.24) is 0 Å². The lowest BCUT2D eigenvalue weighted by Gasteiger charge is -2.04. The summed E-state index contributed by atoms with van der Waals surface area (Å²) in [6.07, 6.45) is 1.32. The van der Waals surface area contributed by atoms with Gasteiger partial charge in [0.15, 0.2) is 0 Å². The van der Waals surface area contributed by atoms with Gasteiger partial charge in [-0.3, -0.25) is 14.9 Å². The maximum absolute atomic E-state index is 12.1. The molecule has 0 bridgehead atoms. The number of nitro groups is 1. The molecule has 2 aromatic carbocycles. The van der Waals surface area contributed by atoms with E-state index in [1.807, 2.05) is 25.1 Å². The largest absolute Gasteiger partial charge is 0.321 e. The summed E-state index contributed by atoms with van der Waals surface area (Å²) >= 11 is 0. The summed E-state index contributed by atoms with van der Waals surface area (Å²) < 4.78 is 0. The zero-order chi connectivity index (χ0) is 16.8. The van der Waals surface area contributed by atoms with Crippen LogP contribution in [0.1, 0.15) is 11.1 Å². The number of nitrogens with zero attached hydrogens (tertiary/aromatic N) is 2. The summed E-state index contributed by atoms with van der Waals surface area (Å²) in [4.78, 5) is 22.3. The molecule has 2 aromatic rings. The number of carbonyl (C=O) groups excluding carboxylic acids is 1. The van der Waals surface area contributed by atoms with Crippen LogP contribution < -0.4 is 5.32 Å². The Labute approximate surface area is 132 Å². The van der Waals surface area contributed by atoms with Crippen LogP contribution in [0.2, 0.25) is 0 Å². The minimum Gasteiger partial charge on any atom is -0.321 e. The molecule has 0 unspecified atom stereocenters. The summed E-state index contributed by atoms with van der Waals surface area (Å²) in [6, 6.07) is 14.7. The molecule has 2 rings (SSSR count). The van der Waals surface area contributed by atoms with Crippen molar-refractivity contribution in [2.45, 2.75) is 6.92 Å². The van der Waals surface area contributed by atoms with E-state index in [4.69, 9.17) is 5.26 Å². The lowest BCUT2D eigenvalue weighted by atomic mass is 10.1. The van der Waals surface area contributed by atoms with Gasteiger partial charge in [0.05, 0.1) is 4.92 Å². The van der Waals surface area contributed by atoms with E-state index in [1.54, 1.807) is 18.2 Å². The number of hydrogen-bond acceptors (Lipinski definition) is 4. The molecule has 0 aliphatic carbocycles. The van der Waals surface area contributed by atoms with Gasteiger partial charge < -0.3 is 5.32 Å². The molecule has 0 heterocycles. The number of non-ortho nitro benzene ring substituents is 1. The van der Waals surface area contributed by atoms with Gasteiger partial charge in [0.1, 0.15) is 11.6 Å². The maximum Gasteiger partial charge on any atom is 0.270 e. The van der Waals surface area contributed by atoms with Crippen molar-refractivity contribution in [3.8, 4) is 6.07 Å². The summed E-state index contributed by atoms with van der Waals surface area (Å²) in [5, 5.41) is 22.5. The van der Waals surface area contributed by atoms with E-state index in [-0.39, 0.29) is 11.3 Å². The van der Waals surface area contributed by atoms with Crippen molar-refractivity contribution >= 4 is 23.4 Å². The summed E-state index contributed by atoms with van der Waals surface area (Å²) in [5.74, 6) is -0.567. The molecular formula is C17H13N3O3. The molecule has 0 radical (unpaired) electrons. The molecule has 1 amide bonds. The van der Waals surface area contributed by atoms with Crippen molar-refractivity contribution in [2.24, 2.45) is 0 Å². The normalized spacial score (nSPS) is 10.7. The molecule has 0 spiro atoms. The van der Waals surface area contributed by atoms with Crippen molar-refractivity contribution in [3.05, 3.63) is 75.3 Å². The van der Waals surface area contributed by atoms with Gasteiger partial charge in [-0.25, -0.2) is 0 Å². The molecule has 0 aliphatic heterocycles. The van der Waals surface area contributed by atoms with Crippen LogP contribution >= 0.6 is 0 Å². The van der Waals surface area contributed by atoms with Gasteiger partial charge in [0.2, 0.25) is 0 Å². The van der Waals surface area contributed by atoms with E-state index in [1.165, 1.54) is 24.3 Å². The Hall–Kier alpha value is -3.46. The number of carbonyl (C=O) groups is 1. The van der Waals surface area contributed by atoms with Crippen molar-refractivity contribution in [1.29, 1.82) is 5.26 Å². The molecule has 0 fully saturated rings. The van der Waals surface area contributed by atoms with E-state index in [0.717, 1.165) is 5.56 Å². The molecule has 114 valence electrons. The van der Waals surface area contributed by atoms with Gasteiger partial charge in [-0.05, 0) is 30.7 Å². The molecule has 0 saturated heterocycles. The minimum atomic E-state index is -0.567. The molecule has 1 N–H and O–H groups in total. The monoisotopic (exact) mass is 307 g/mol. The fourth-order valence-electron chi connectivity index (χ4n) is 1.88. The van der Waals surface area contributed by atoms with Gasteiger partial charge in [-0.1, -0.05) is 29.8 Å². The van der Waals surface area contributed by atoms with Gasteiger partial charge in [-0.2, -0.15) is 5.26 Å². The lowest BCUT2D eigenvalue weighted by Crippen LogP contribution is -2.13. The van der Waals surface area contributed by atoms with Gasteiger partial charge in [0, 0.05) is 17.8 Å². The number of anilines is 1. The predicted molar refractivity (Wildman–Crippen MR) is 86.5 cm³/mol. The highest BCUT2D eigenvalue weighted by atomic mass is 16.6. The molecular weight excluding hydrogens is 294 g/mol. The van der Waals surface area contributed by atoms with Crippen LogP contribution in [0.3, 0.4) is 0 Å². The van der Waals surface area contributed by atoms with Gasteiger partial charge >= 0.3 is 0 Å². The standard InChI is InChI=1S/C17H13N3O3/c1-12-5-7-15(8-6-12)19-17(21)14(11-18)9-13-3-2-4-16(10-13)20(22)23/h2-10H,1H3,(H,19,21)/b14-9-. The average molecular weight is 307 g/mol. The Morgan fingerprint density at radius 3 is 2.57 bits per heavy atom. The summed E-state index contributed by atoms with van der Waals surface area (Å²) in [6.45, 7) is 1.93. The first-order chi connectivity index (χ1) is 11.0. The number of aryl methyl sites for hydroxylation is 1. The molecule has 0 atom stereocenters. The van der Waals surface area contributed by atoms with Crippen LogP contribution in [-0.4, -0.2) is 10.8 Å². The van der Waals surface area contributed by atoms with Crippen LogP contribution in [0.4, 0.5) is 11.4 Å². The molecule has 0 aromatic heterocycles. The topological polar surface area (TPSA) is 96.0 Å². The second-order valence-electron chi connectivity index (χ2n) is 4.84. The predicted octanol–water partition coefficient (Wildman–Crippen LogP) is 3.45. The van der Waals surface area contributed by atoms with Crippen LogP contribution in [0.25, 0.3) is 6.08 Å². The van der Waals surface area contributed by atoms with Crippen molar-refractivity contribution in [3.63, 3.8) is 0 Å². The highest BCUT2D eigenvalue weighted by molar-refractivity contribution is 6.09. The third-order valence-corrected chi connectivity index (χ3v) is 3.07. The van der Waals surface area contributed by atoms with E-state index < -0.39 is 10.8 Å². The zero-order valence-corrected chi connectivity index (χ0v) is 12.3. The quantitative estimate of drug-likeness (QED) is 0.405. The SMILES string of the molecule is Cc1ccc(NC(=O)/C(C#N)=C\c2cccc([N+](=O)[O-])c2)cc1. The number of nitrogens with one attached hydrogen (secondary N) is 1. The van der Waals surface area contributed by atoms with Crippen LogP contribution in [-0.2, 0) is 4.79 Å². The highest BCUT2D eigenvalue weighted by Crippen LogP contribution is 2.16. The highest BCUT2D eigenvalue weighted by Gasteiger charge is 2.11. The summed E-state index contributed by atoms with van der Waals surface area (Å²) in [7, 11) is 0. The van der Waals surface area contributed by atoms with Crippen LogP contribution in [0.15, 0.2) is 54.1 Å². The molecule has 6 heteroatoms. The summed E-state index contributed by atoms with van der Waals surface area (Å²) in [5.41, 5.74) is 1.80. The zero-order valence-electron chi connectivity index (χ0n) is 12.3. The lowest BCUT2D eigenvalue weighted by molar-refractivity contribution is -0.384. The fourth-order valence-corrected chi connectivity index (χ4v) is 1.88. The first-order valence-electron chi connectivity index (χ1n) is 6.74. The fraction of sp³-hybridized carbons (Fsp3) is 0.0588. The molecule has 0 aliphatic rings. The van der Waals surface area contributed by atoms with Crippen molar-refractivity contribution in [2.75, 3.05) is 5.32 Å². The molecule has 0 saturated carbocycles. The maximum atomic E-state index is 12.1. The number of rotatable bonds is 4. The average Bonchev–Trinajstić information content (AvgIpc) is 2.55. The number of hydrogen-bond donors (Lipinski definition) is 1. The van der Waals surface area contributed by atoms with Crippen LogP contribution in [0, 0.1) is 28.4 Å². The Morgan fingerprint density at radius 1 is 1.26 bits per heavy atom. The Balaban J connectivity index is 2.23. The van der Waals surface area contributed by atoms with Gasteiger partial charge in [0.25, 0.3) is 11.6 Å². The Bertz CT molecular complexity index is 818. The molecule has 23 heavy (non-hydrogen) atoms. The number of amides is 1. The van der Waals surface area contributed by atoms with E-state index in [0.29, 0.717) is 11.3 Å². The Kier molecular flexibility index (Phi) is 4.85. The van der Waals surface area contributed by atoms with E-state index >= 15 is 0 Å². The minimum absolute atomic E-state index is 0.102. The third kappa shape index (κ3) is 4.25. The number of benzene rings is 2. The first-order valence-corrected chi connectivity index (χ1v) is 6.74. The second kappa shape index (κ2) is 7.00. The smallest absolute Gasteiger partial charge is 0.270 e. The Morgan fingerprint density at radius 2 is 1.96 bits per heavy atom. The first kappa shape index (κ1) is 15.9. The van der Waals surface area contributed by atoms with Gasteiger partial charge in [-0.15, -0.1) is 0 Å². The van der Waals surface area contributed by atoms with Crippen molar-refractivity contribution < 1.29 is 9.72 Å².